The average Bonchev–Trinajstić information content (AvgIpc) is 3.22. The number of nitriles is 1. The Kier molecular flexibility index (Phi) is 4.76. The molecular weight excluding hydrogens is 372 g/mol. The zero-order valence-electron chi connectivity index (χ0n) is 16.8. The summed E-state index contributed by atoms with van der Waals surface area (Å²) in [6.45, 7) is 0. The number of nitrogens with zero attached hydrogens (tertiary/aromatic N) is 2. The number of hydrogen-bond donors (Lipinski definition) is 2. The van der Waals surface area contributed by atoms with E-state index in [-0.39, 0.29) is 11.8 Å². The summed E-state index contributed by atoms with van der Waals surface area (Å²) < 4.78 is 5.74. The zero-order chi connectivity index (χ0) is 20.5. The third-order valence-electron chi connectivity index (χ3n) is 6.39. The molecule has 1 atom stereocenters. The molecule has 2 heterocycles. The molecular formula is C25H24N4O. The Labute approximate surface area is 176 Å². The van der Waals surface area contributed by atoms with Crippen LogP contribution in [0.2, 0.25) is 0 Å². The smallest absolute Gasteiger partial charge is 0.244 e. The Bertz CT molecular complexity index is 1120. The van der Waals surface area contributed by atoms with Crippen LogP contribution in [-0.4, -0.2) is 10.2 Å². The minimum absolute atomic E-state index is 0.0680. The van der Waals surface area contributed by atoms with Crippen molar-refractivity contribution in [3.05, 3.63) is 71.6 Å². The Balaban J connectivity index is 1.56. The molecule has 5 nitrogen and oxygen atoms in total. The van der Waals surface area contributed by atoms with Crippen molar-refractivity contribution < 1.29 is 4.74 Å². The maximum Gasteiger partial charge on any atom is 0.244 e. The Morgan fingerprint density at radius 2 is 1.60 bits per heavy atom. The number of rotatable bonds is 3. The van der Waals surface area contributed by atoms with Crippen molar-refractivity contribution in [2.75, 3.05) is 0 Å². The summed E-state index contributed by atoms with van der Waals surface area (Å²) in [7, 11) is 0. The van der Waals surface area contributed by atoms with E-state index in [9.17, 15) is 5.26 Å². The first kappa shape index (κ1) is 18.5. The van der Waals surface area contributed by atoms with Crippen LogP contribution >= 0.6 is 0 Å². The van der Waals surface area contributed by atoms with Gasteiger partial charge in [0, 0.05) is 11.5 Å². The van der Waals surface area contributed by atoms with Gasteiger partial charge in [0.1, 0.15) is 6.07 Å². The van der Waals surface area contributed by atoms with Crippen LogP contribution in [0, 0.1) is 17.2 Å². The van der Waals surface area contributed by atoms with Crippen LogP contribution in [0.15, 0.2) is 66.1 Å². The highest BCUT2D eigenvalue weighted by Gasteiger charge is 2.39. The minimum atomic E-state index is -0.0680. The van der Waals surface area contributed by atoms with E-state index < -0.39 is 0 Å². The van der Waals surface area contributed by atoms with Crippen molar-refractivity contribution >= 4 is 0 Å². The maximum atomic E-state index is 9.85. The van der Waals surface area contributed by atoms with Crippen molar-refractivity contribution in [2.24, 2.45) is 11.7 Å². The lowest BCUT2D eigenvalue weighted by Crippen LogP contribution is -2.26. The molecule has 0 bridgehead atoms. The normalized spacial score (nSPS) is 19.1. The Hall–Kier alpha value is -3.52. The van der Waals surface area contributed by atoms with E-state index in [1.54, 1.807) is 0 Å². The fraction of sp³-hybridized carbons (Fsp3) is 0.280. The molecule has 1 saturated carbocycles. The molecule has 30 heavy (non-hydrogen) atoms. The molecule has 1 aliphatic carbocycles. The second-order valence-electron chi connectivity index (χ2n) is 8.13. The first-order chi connectivity index (χ1) is 14.8. The van der Waals surface area contributed by atoms with Crippen molar-refractivity contribution in [3.8, 4) is 34.3 Å². The van der Waals surface area contributed by atoms with E-state index in [2.05, 4.69) is 52.7 Å². The molecule has 2 aromatic carbocycles. The number of ether oxygens (including phenoxy) is 1. The van der Waals surface area contributed by atoms with Crippen molar-refractivity contribution in [1.82, 2.24) is 10.2 Å². The van der Waals surface area contributed by atoms with Gasteiger partial charge >= 0.3 is 0 Å². The van der Waals surface area contributed by atoms with Gasteiger partial charge in [0.15, 0.2) is 0 Å². The summed E-state index contributed by atoms with van der Waals surface area (Å²) in [5.41, 5.74) is 11.9. The number of aromatic nitrogens is 2. The molecule has 3 N–H and O–H groups in total. The monoisotopic (exact) mass is 396 g/mol. The van der Waals surface area contributed by atoms with Gasteiger partial charge in [0.2, 0.25) is 11.8 Å². The average molecular weight is 396 g/mol. The van der Waals surface area contributed by atoms with Gasteiger partial charge in [-0.1, -0.05) is 73.9 Å². The molecule has 0 saturated heterocycles. The van der Waals surface area contributed by atoms with Crippen LogP contribution in [0.1, 0.15) is 43.6 Å². The molecule has 0 spiro atoms. The molecule has 1 aromatic heterocycles. The van der Waals surface area contributed by atoms with E-state index in [0.29, 0.717) is 17.4 Å². The van der Waals surface area contributed by atoms with Crippen molar-refractivity contribution in [3.63, 3.8) is 0 Å². The second kappa shape index (κ2) is 7.72. The van der Waals surface area contributed by atoms with E-state index in [4.69, 9.17) is 10.5 Å². The summed E-state index contributed by atoms with van der Waals surface area (Å²) in [5.74, 6) is 1.01. The molecule has 1 aliphatic heterocycles. The van der Waals surface area contributed by atoms with Gasteiger partial charge in [-0.3, -0.25) is 5.10 Å². The molecule has 5 rings (SSSR count). The van der Waals surface area contributed by atoms with Gasteiger partial charge in [-0.05, 0) is 29.9 Å². The van der Waals surface area contributed by atoms with Crippen LogP contribution in [0.25, 0.3) is 22.4 Å². The predicted molar refractivity (Wildman–Crippen MR) is 116 cm³/mol. The zero-order valence-corrected chi connectivity index (χ0v) is 16.8. The van der Waals surface area contributed by atoms with Crippen LogP contribution in [0.5, 0.6) is 5.88 Å². The summed E-state index contributed by atoms with van der Waals surface area (Å²) in [6.07, 6.45) is 5.83. The van der Waals surface area contributed by atoms with Gasteiger partial charge in [0.05, 0.1) is 16.8 Å². The summed E-state index contributed by atoms with van der Waals surface area (Å²) in [6, 6.07) is 21.1. The van der Waals surface area contributed by atoms with Gasteiger partial charge in [-0.15, -0.1) is 5.10 Å². The second-order valence-corrected chi connectivity index (χ2v) is 8.13. The third kappa shape index (κ3) is 3.15. The van der Waals surface area contributed by atoms with E-state index in [1.165, 1.54) is 24.8 Å². The van der Waals surface area contributed by atoms with Crippen LogP contribution in [0.4, 0.5) is 0 Å². The maximum absolute atomic E-state index is 9.85. The number of aromatic amines is 1. The third-order valence-corrected chi connectivity index (χ3v) is 6.39. The molecule has 0 radical (unpaired) electrons. The number of H-pyrrole nitrogens is 1. The fourth-order valence-electron chi connectivity index (χ4n) is 4.90. The topological polar surface area (TPSA) is 87.7 Å². The van der Waals surface area contributed by atoms with Gasteiger partial charge in [-0.2, -0.15) is 5.26 Å². The standard InChI is InChI=1S/C25H24N4O/c26-15-20-21(18-9-5-2-6-10-18)22-23(28-29-25(22)30-24(20)27)19-13-11-17(12-14-19)16-7-3-1-4-8-16/h1,3-4,7-8,11-14,18,21H,2,5-6,9-10,27H2,(H,28,29)/t21-/m0/s1. The Morgan fingerprint density at radius 3 is 2.30 bits per heavy atom. The van der Waals surface area contributed by atoms with Crippen LogP contribution in [0.3, 0.4) is 0 Å². The number of nitrogens with two attached hydrogens (primary N) is 1. The molecule has 0 unspecified atom stereocenters. The van der Waals surface area contributed by atoms with E-state index in [1.807, 2.05) is 18.2 Å². The van der Waals surface area contributed by atoms with Gasteiger partial charge in [-0.25, -0.2) is 0 Å². The fourth-order valence-corrected chi connectivity index (χ4v) is 4.90. The number of allylic oxidation sites excluding steroid dienone is 1. The summed E-state index contributed by atoms with van der Waals surface area (Å²) >= 11 is 0. The molecule has 2 aliphatic rings. The Morgan fingerprint density at radius 1 is 0.933 bits per heavy atom. The number of benzene rings is 2. The highest BCUT2D eigenvalue weighted by Crippen LogP contribution is 2.49. The molecule has 1 fully saturated rings. The van der Waals surface area contributed by atoms with E-state index in [0.717, 1.165) is 35.2 Å². The first-order valence-electron chi connectivity index (χ1n) is 10.6. The van der Waals surface area contributed by atoms with Crippen molar-refractivity contribution in [1.29, 1.82) is 5.26 Å². The molecule has 5 heteroatoms. The number of hydrogen-bond acceptors (Lipinski definition) is 4. The van der Waals surface area contributed by atoms with Crippen LogP contribution < -0.4 is 10.5 Å². The highest BCUT2D eigenvalue weighted by atomic mass is 16.5. The van der Waals surface area contributed by atoms with Gasteiger partial charge < -0.3 is 10.5 Å². The lowest BCUT2D eigenvalue weighted by molar-refractivity contribution is 0.297. The number of fused-ring (bicyclic) bond motifs is 1. The molecule has 3 aromatic rings. The lowest BCUT2D eigenvalue weighted by atomic mass is 9.72. The predicted octanol–water partition coefficient (Wildman–Crippen LogP) is 5.49. The largest absolute Gasteiger partial charge is 0.420 e. The summed E-state index contributed by atoms with van der Waals surface area (Å²) in [4.78, 5) is 0. The SMILES string of the molecule is N#CC1=C(N)Oc2n[nH]c(-c3ccc(-c4ccccc4)cc3)c2[C@H]1C1CCCCC1. The van der Waals surface area contributed by atoms with Crippen molar-refractivity contribution in [2.45, 2.75) is 38.0 Å². The van der Waals surface area contributed by atoms with Crippen LogP contribution in [-0.2, 0) is 0 Å². The first-order valence-corrected chi connectivity index (χ1v) is 10.6. The molecule has 0 amide bonds. The molecule has 150 valence electrons. The highest BCUT2D eigenvalue weighted by molar-refractivity contribution is 5.73. The lowest BCUT2D eigenvalue weighted by Gasteiger charge is -2.33. The van der Waals surface area contributed by atoms with E-state index >= 15 is 0 Å². The number of nitrogens with one attached hydrogen (secondary N) is 1. The quantitative estimate of drug-likeness (QED) is 0.612. The summed E-state index contributed by atoms with van der Waals surface area (Å²) in [5, 5.41) is 17.4. The minimum Gasteiger partial charge on any atom is -0.420 e. The van der Waals surface area contributed by atoms with Gasteiger partial charge in [0.25, 0.3) is 0 Å².